The molecule has 0 saturated carbocycles. The van der Waals surface area contributed by atoms with E-state index in [1.54, 1.807) is 0 Å². The lowest BCUT2D eigenvalue weighted by Gasteiger charge is -2.40. The predicted octanol–water partition coefficient (Wildman–Crippen LogP) is 0.823. The number of hydrogen-bond acceptors (Lipinski definition) is 3. The number of amides is 1. The molecule has 0 aromatic heterocycles. The Morgan fingerprint density at radius 3 is 2.47 bits per heavy atom. The van der Waals surface area contributed by atoms with Crippen molar-refractivity contribution in [2.45, 2.75) is 19.8 Å². The van der Waals surface area contributed by atoms with Crippen molar-refractivity contribution in [2.75, 3.05) is 46.9 Å². The second-order valence-electron chi connectivity index (χ2n) is 5.99. The summed E-state index contributed by atoms with van der Waals surface area (Å²) in [4.78, 5) is 16.5. The minimum absolute atomic E-state index is 0.250. The third-order valence-corrected chi connectivity index (χ3v) is 4.07. The number of piperidine rings is 1. The van der Waals surface area contributed by atoms with Crippen molar-refractivity contribution in [1.82, 2.24) is 9.80 Å². The highest BCUT2D eigenvalue weighted by molar-refractivity contribution is 5.83. The van der Waals surface area contributed by atoms with Crippen LogP contribution in [-0.2, 0) is 9.53 Å². The zero-order valence-electron chi connectivity index (χ0n) is 11.2. The van der Waals surface area contributed by atoms with E-state index in [1.165, 1.54) is 12.8 Å². The number of rotatable bonds is 3. The number of carbonyl (C=O) groups excluding carboxylic acids is 1. The van der Waals surface area contributed by atoms with Gasteiger partial charge in [0.25, 0.3) is 0 Å². The van der Waals surface area contributed by atoms with Crippen molar-refractivity contribution < 1.29 is 9.53 Å². The highest BCUT2D eigenvalue weighted by Crippen LogP contribution is 2.29. The van der Waals surface area contributed by atoms with Gasteiger partial charge in [-0.1, -0.05) is 0 Å². The van der Waals surface area contributed by atoms with E-state index < -0.39 is 0 Å². The van der Waals surface area contributed by atoms with E-state index in [0.717, 1.165) is 19.6 Å². The Labute approximate surface area is 104 Å². The molecule has 0 atom stereocenters. The van der Waals surface area contributed by atoms with Crippen molar-refractivity contribution in [2.24, 2.45) is 11.3 Å². The molecule has 0 bridgehead atoms. The largest absolute Gasteiger partial charge is 0.379 e. The van der Waals surface area contributed by atoms with Gasteiger partial charge >= 0.3 is 0 Å². The molecule has 2 fully saturated rings. The van der Waals surface area contributed by atoms with Crippen molar-refractivity contribution in [3.05, 3.63) is 0 Å². The molecule has 2 aliphatic rings. The molecule has 98 valence electrons. The molecule has 0 aromatic rings. The molecule has 1 amide bonds. The van der Waals surface area contributed by atoms with E-state index in [2.05, 4.69) is 11.9 Å². The first-order valence-corrected chi connectivity index (χ1v) is 6.53. The summed E-state index contributed by atoms with van der Waals surface area (Å²) in [5.74, 6) is 0.924. The molecule has 0 spiro atoms. The van der Waals surface area contributed by atoms with Crippen LogP contribution in [0.2, 0.25) is 0 Å². The number of hydrogen-bond donors (Lipinski definition) is 0. The molecule has 2 saturated heterocycles. The maximum atomic E-state index is 12.2. The third kappa shape index (κ3) is 2.80. The molecule has 0 N–H and O–H groups in total. The van der Waals surface area contributed by atoms with Crippen LogP contribution in [0.4, 0.5) is 0 Å². The van der Waals surface area contributed by atoms with Crippen LogP contribution in [0, 0.1) is 11.3 Å². The summed E-state index contributed by atoms with van der Waals surface area (Å²) < 4.78 is 5.16. The summed E-state index contributed by atoms with van der Waals surface area (Å²) in [6, 6.07) is 0. The maximum absolute atomic E-state index is 12.2. The molecular formula is C13H24N2O2. The van der Waals surface area contributed by atoms with Crippen molar-refractivity contribution >= 4 is 5.91 Å². The van der Waals surface area contributed by atoms with Gasteiger partial charge in [-0.2, -0.15) is 0 Å². The summed E-state index contributed by atoms with van der Waals surface area (Å²) >= 11 is 0. The molecule has 2 rings (SSSR count). The van der Waals surface area contributed by atoms with Crippen LogP contribution in [0.5, 0.6) is 0 Å². The number of carbonyl (C=O) groups is 1. The molecule has 2 aliphatic heterocycles. The number of ether oxygens (including phenoxy) is 1. The number of likely N-dealkylation sites (tertiary alicyclic amines) is 1. The summed E-state index contributed by atoms with van der Waals surface area (Å²) in [5, 5.41) is 0. The van der Waals surface area contributed by atoms with E-state index in [0.29, 0.717) is 19.1 Å². The Bertz CT molecular complexity index is 281. The highest BCUT2D eigenvalue weighted by atomic mass is 16.5. The van der Waals surface area contributed by atoms with Crippen LogP contribution in [-0.4, -0.2) is 62.7 Å². The Morgan fingerprint density at radius 2 is 2.00 bits per heavy atom. The fourth-order valence-corrected chi connectivity index (χ4v) is 2.71. The van der Waals surface area contributed by atoms with Gasteiger partial charge < -0.3 is 14.5 Å². The van der Waals surface area contributed by atoms with Crippen LogP contribution < -0.4 is 0 Å². The molecule has 17 heavy (non-hydrogen) atoms. The van der Waals surface area contributed by atoms with Gasteiger partial charge in [-0.25, -0.2) is 0 Å². The van der Waals surface area contributed by atoms with Crippen LogP contribution in [0.15, 0.2) is 0 Å². The van der Waals surface area contributed by atoms with Gasteiger partial charge in [-0.15, -0.1) is 0 Å². The molecule has 0 radical (unpaired) electrons. The first kappa shape index (κ1) is 12.8. The molecule has 4 heteroatoms. The predicted molar refractivity (Wildman–Crippen MR) is 66.8 cm³/mol. The summed E-state index contributed by atoms with van der Waals surface area (Å²) in [5.41, 5.74) is -0.250. The Morgan fingerprint density at radius 1 is 1.41 bits per heavy atom. The molecule has 0 aliphatic carbocycles. The van der Waals surface area contributed by atoms with Crippen molar-refractivity contribution in [3.8, 4) is 0 Å². The van der Waals surface area contributed by atoms with Gasteiger partial charge in [-0.05, 0) is 45.8 Å². The zero-order chi connectivity index (χ0) is 12.5. The Balaban J connectivity index is 1.80. The van der Waals surface area contributed by atoms with E-state index in [4.69, 9.17) is 4.74 Å². The third-order valence-electron chi connectivity index (χ3n) is 4.07. The zero-order valence-corrected chi connectivity index (χ0v) is 11.2. The average Bonchev–Trinajstić information content (AvgIpc) is 2.28. The Hall–Kier alpha value is -0.610. The van der Waals surface area contributed by atoms with Gasteiger partial charge in [0, 0.05) is 13.6 Å². The standard InChI is InChI=1S/C13H24N2O2/c1-13(9-17-10-13)12(16)15(3)8-11-4-6-14(2)7-5-11/h11H,4-10H2,1-3H3. The topological polar surface area (TPSA) is 32.8 Å². The molecule has 0 aromatic carbocycles. The van der Waals surface area contributed by atoms with Crippen molar-refractivity contribution in [3.63, 3.8) is 0 Å². The summed E-state index contributed by atoms with van der Waals surface area (Å²) in [7, 11) is 4.10. The van der Waals surface area contributed by atoms with Gasteiger partial charge in [0.05, 0.1) is 18.6 Å². The minimum atomic E-state index is -0.250. The van der Waals surface area contributed by atoms with Gasteiger partial charge in [0.15, 0.2) is 0 Å². The summed E-state index contributed by atoms with van der Waals surface area (Å²) in [6.07, 6.45) is 2.42. The highest BCUT2D eigenvalue weighted by Gasteiger charge is 2.43. The lowest BCUT2D eigenvalue weighted by atomic mass is 9.86. The monoisotopic (exact) mass is 240 g/mol. The first-order valence-electron chi connectivity index (χ1n) is 6.53. The van der Waals surface area contributed by atoms with Crippen LogP contribution in [0.3, 0.4) is 0 Å². The lowest BCUT2D eigenvalue weighted by Crippen LogP contribution is -2.53. The Kier molecular flexibility index (Phi) is 3.73. The first-order chi connectivity index (χ1) is 8.01. The fourth-order valence-electron chi connectivity index (χ4n) is 2.71. The normalized spacial score (nSPS) is 25.4. The van der Waals surface area contributed by atoms with Gasteiger partial charge in [-0.3, -0.25) is 4.79 Å². The molecule has 4 nitrogen and oxygen atoms in total. The van der Waals surface area contributed by atoms with Crippen LogP contribution in [0.25, 0.3) is 0 Å². The fraction of sp³-hybridized carbons (Fsp3) is 0.923. The maximum Gasteiger partial charge on any atom is 0.232 e. The van der Waals surface area contributed by atoms with Gasteiger partial charge in [0.1, 0.15) is 0 Å². The summed E-state index contributed by atoms with van der Waals surface area (Å²) in [6.45, 7) is 6.40. The van der Waals surface area contributed by atoms with E-state index in [9.17, 15) is 4.79 Å². The molecule has 0 unspecified atom stereocenters. The average molecular weight is 240 g/mol. The van der Waals surface area contributed by atoms with Gasteiger partial charge in [0.2, 0.25) is 5.91 Å². The molecule has 2 heterocycles. The van der Waals surface area contributed by atoms with E-state index >= 15 is 0 Å². The smallest absolute Gasteiger partial charge is 0.232 e. The van der Waals surface area contributed by atoms with Crippen molar-refractivity contribution in [1.29, 1.82) is 0 Å². The lowest BCUT2D eigenvalue weighted by molar-refractivity contribution is -0.168. The van der Waals surface area contributed by atoms with Crippen LogP contribution in [0.1, 0.15) is 19.8 Å². The molecular weight excluding hydrogens is 216 g/mol. The second kappa shape index (κ2) is 4.94. The minimum Gasteiger partial charge on any atom is -0.379 e. The van der Waals surface area contributed by atoms with E-state index in [-0.39, 0.29) is 11.3 Å². The second-order valence-corrected chi connectivity index (χ2v) is 5.99. The number of nitrogens with zero attached hydrogens (tertiary/aromatic N) is 2. The van der Waals surface area contributed by atoms with E-state index in [1.807, 2.05) is 18.9 Å². The SMILES string of the molecule is CN1CCC(CN(C)C(=O)C2(C)COC2)CC1. The van der Waals surface area contributed by atoms with Crippen LogP contribution >= 0.6 is 0 Å². The quantitative estimate of drug-likeness (QED) is 0.732.